The van der Waals surface area contributed by atoms with Gasteiger partial charge in [0, 0.05) is 0 Å². The molecule has 0 fully saturated rings. The summed E-state index contributed by atoms with van der Waals surface area (Å²) in [5.41, 5.74) is 2.55. The van der Waals surface area contributed by atoms with Crippen LogP contribution in [0.5, 0.6) is 5.75 Å². The van der Waals surface area contributed by atoms with E-state index in [1.165, 1.54) is 69.8 Å². The highest BCUT2D eigenvalue weighted by Gasteiger charge is 2.04. The third-order valence-electron chi connectivity index (χ3n) is 5.12. The Morgan fingerprint density at radius 2 is 1.20 bits per heavy atom. The molecule has 1 aromatic rings. The Kier molecular flexibility index (Phi) is 11.7. The van der Waals surface area contributed by atoms with E-state index >= 15 is 0 Å². The molecule has 0 aliphatic carbocycles. The van der Waals surface area contributed by atoms with Crippen LogP contribution in [0, 0.1) is 11.8 Å². The first kappa shape index (κ1) is 22.1. The standard InChI is InChI=1S/C24H42O/c1-20(2)13-9-5-7-11-15-22-17-18-24(25)23(19-22)16-12-8-6-10-14-21(3)4/h17-21,25H,5-16H2,1-4H3. The Labute approximate surface area is 157 Å². The molecule has 0 radical (unpaired) electrons. The molecule has 1 N–H and O–H groups in total. The van der Waals surface area contributed by atoms with Gasteiger partial charge in [-0.2, -0.15) is 0 Å². The van der Waals surface area contributed by atoms with Gasteiger partial charge in [0.1, 0.15) is 5.75 Å². The van der Waals surface area contributed by atoms with Crippen LogP contribution in [-0.2, 0) is 12.8 Å². The summed E-state index contributed by atoms with van der Waals surface area (Å²) < 4.78 is 0. The smallest absolute Gasteiger partial charge is 0.118 e. The normalized spacial score (nSPS) is 11.6. The van der Waals surface area contributed by atoms with Crippen molar-refractivity contribution in [2.75, 3.05) is 0 Å². The van der Waals surface area contributed by atoms with Gasteiger partial charge in [0.15, 0.2) is 0 Å². The lowest BCUT2D eigenvalue weighted by molar-refractivity contribution is 0.464. The van der Waals surface area contributed by atoms with Crippen molar-refractivity contribution in [1.82, 2.24) is 0 Å². The zero-order chi connectivity index (χ0) is 18.5. The van der Waals surface area contributed by atoms with Gasteiger partial charge in [0.05, 0.1) is 0 Å². The molecule has 1 nitrogen and oxygen atoms in total. The van der Waals surface area contributed by atoms with Crippen LogP contribution < -0.4 is 0 Å². The van der Waals surface area contributed by atoms with E-state index in [0.717, 1.165) is 30.2 Å². The maximum Gasteiger partial charge on any atom is 0.118 e. The summed E-state index contributed by atoms with van der Waals surface area (Å²) in [6.45, 7) is 9.21. The van der Waals surface area contributed by atoms with Gasteiger partial charge in [-0.3, -0.25) is 0 Å². The van der Waals surface area contributed by atoms with Crippen LogP contribution in [-0.4, -0.2) is 5.11 Å². The second-order valence-electron chi connectivity index (χ2n) is 8.66. The molecule has 0 bridgehead atoms. The first-order chi connectivity index (χ1) is 12.0. The number of hydrogen-bond donors (Lipinski definition) is 1. The van der Waals surface area contributed by atoms with Crippen LogP contribution in [0.2, 0.25) is 0 Å². The van der Waals surface area contributed by atoms with Crippen molar-refractivity contribution < 1.29 is 5.11 Å². The number of hydrogen-bond acceptors (Lipinski definition) is 1. The fourth-order valence-electron chi connectivity index (χ4n) is 3.45. The van der Waals surface area contributed by atoms with E-state index in [0.29, 0.717) is 5.75 Å². The van der Waals surface area contributed by atoms with Crippen molar-refractivity contribution >= 4 is 0 Å². The highest BCUT2D eigenvalue weighted by molar-refractivity contribution is 5.36. The maximum atomic E-state index is 10.1. The summed E-state index contributed by atoms with van der Waals surface area (Å²) >= 11 is 0. The maximum absolute atomic E-state index is 10.1. The number of unbranched alkanes of at least 4 members (excludes halogenated alkanes) is 6. The van der Waals surface area contributed by atoms with Gasteiger partial charge in [0.25, 0.3) is 0 Å². The summed E-state index contributed by atoms with van der Waals surface area (Å²) in [4.78, 5) is 0. The van der Waals surface area contributed by atoms with Crippen molar-refractivity contribution in [1.29, 1.82) is 0 Å². The van der Waals surface area contributed by atoms with Crippen molar-refractivity contribution in [3.05, 3.63) is 29.3 Å². The third kappa shape index (κ3) is 11.3. The average Bonchev–Trinajstić information content (AvgIpc) is 2.55. The van der Waals surface area contributed by atoms with Crippen molar-refractivity contribution in [2.24, 2.45) is 11.8 Å². The summed E-state index contributed by atoms with van der Waals surface area (Å²) in [5.74, 6) is 2.15. The molecule has 0 spiro atoms. The number of phenols is 1. The summed E-state index contributed by atoms with van der Waals surface area (Å²) in [6, 6.07) is 6.26. The first-order valence-corrected chi connectivity index (χ1v) is 10.8. The Hall–Kier alpha value is -0.980. The summed E-state index contributed by atoms with van der Waals surface area (Å²) in [7, 11) is 0. The molecule has 25 heavy (non-hydrogen) atoms. The molecular formula is C24H42O. The van der Waals surface area contributed by atoms with Gasteiger partial charge < -0.3 is 5.11 Å². The van der Waals surface area contributed by atoms with Crippen molar-refractivity contribution in [3.63, 3.8) is 0 Å². The van der Waals surface area contributed by atoms with E-state index in [1.54, 1.807) is 0 Å². The zero-order valence-corrected chi connectivity index (χ0v) is 17.3. The van der Waals surface area contributed by atoms with Gasteiger partial charge in [-0.1, -0.05) is 91.2 Å². The molecule has 0 saturated carbocycles. The molecule has 1 aromatic carbocycles. The van der Waals surface area contributed by atoms with Crippen molar-refractivity contribution in [2.45, 2.75) is 105 Å². The highest BCUT2D eigenvalue weighted by Crippen LogP contribution is 2.23. The molecular weight excluding hydrogens is 304 g/mol. The summed E-state index contributed by atoms with van der Waals surface area (Å²) in [5, 5.41) is 10.1. The molecule has 0 amide bonds. The van der Waals surface area contributed by atoms with E-state index in [1.807, 2.05) is 6.07 Å². The van der Waals surface area contributed by atoms with Crippen LogP contribution >= 0.6 is 0 Å². The molecule has 1 rings (SSSR count). The molecule has 0 aliphatic rings. The fourth-order valence-corrected chi connectivity index (χ4v) is 3.45. The van der Waals surface area contributed by atoms with Gasteiger partial charge in [0.2, 0.25) is 0 Å². The fraction of sp³-hybridized carbons (Fsp3) is 0.750. The number of phenolic OH excluding ortho intramolecular Hbond substituents is 1. The Morgan fingerprint density at radius 3 is 1.76 bits per heavy atom. The molecule has 0 heterocycles. The Morgan fingerprint density at radius 1 is 0.680 bits per heavy atom. The first-order valence-electron chi connectivity index (χ1n) is 10.8. The Balaban J connectivity index is 2.23. The average molecular weight is 347 g/mol. The molecule has 1 heteroatoms. The Bertz CT molecular complexity index is 447. The van der Waals surface area contributed by atoms with E-state index < -0.39 is 0 Å². The van der Waals surface area contributed by atoms with E-state index in [9.17, 15) is 5.11 Å². The second kappa shape index (κ2) is 13.3. The largest absolute Gasteiger partial charge is 0.508 e. The number of aryl methyl sites for hydroxylation is 2. The lowest BCUT2D eigenvalue weighted by Crippen LogP contribution is -1.93. The number of rotatable bonds is 14. The summed E-state index contributed by atoms with van der Waals surface area (Å²) in [6.07, 6.45) is 15.4. The minimum atomic E-state index is 0.489. The molecule has 0 atom stereocenters. The van der Waals surface area contributed by atoms with E-state index in [4.69, 9.17) is 0 Å². The van der Waals surface area contributed by atoms with Crippen LogP contribution in [0.4, 0.5) is 0 Å². The lowest BCUT2D eigenvalue weighted by Gasteiger charge is -2.09. The third-order valence-corrected chi connectivity index (χ3v) is 5.12. The monoisotopic (exact) mass is 346 g/mol. The SMILES string of the molecule is CC(C)CCCCCCc1ccc(O)c(CCCCCCC(C)C)c1. The van der Waals surface area contributed by atoms with Crippen LogP contribution in [0.15, 0.2) is 18.2 Å². The van der Waals surface area contributed by atoms with Crippen LogP contribution in [0.1, 0.15) is 103 Å². The van der Waals surface area contributed by atoms with Crippen LogP contribution in [0.25, 0.3) is 0 Å². The minimum Gasteiger partial charge on any atom is -0.508 e. The molecule has 0 aromatic heterocycles. The predicted molar refractivity (Wildman–Crippen MR) is 111 cm³/mol. The molecule has 0 unspecified atom stereocenters. The lowest BCUT2D eigenvalue weighted by atomic mass is 9.98. The van der Waals surface area contributed by atoms with Gasteiger partial charge in [-0.05, 0) is 54.7 Å². The molecule has 144 valence electrons. The molecule has 0 aliphatic heterocycles. The van der Waals surface area contributed by atoms with Crippen molar-refractivity contribution in [3.8, 4) is 5.75 Å². The zero-order valence-electron chi connectivity index (χ0n) is 17.3. The number of aromatic hydroxyl groups is 1. The highest BCUT2D eigenvalue weighted by atomic mass is 16.3. The number of benzene rings is 1. The van der Waals surface area contributed by atoms with E-state index in [-0.39, 0.29) is 0 Å². The van der Waals surface area contributed by atoms with Crippen LogP contribution in [0.3, 0.4) is 0 Å². The topological polar surface area (TPSA) is 20.2 Å². The molecule has 0 saturated heterocycles. The van der Waals surface area contributed by atoms with Gasteiger partial charge in [-0.25, -0.2) is 0 Å². The van der Waals surface area contributed by atoms with E-state index in [2.05, 4.69) is 39.8 Å². The second-order valence-corrected chi connectivity index (χ2v) is 8.66. The quantitative estimate of drug-likeness (QED) is 0.342. The minimum absolute atomic E-state index is 0.489. The van der Waals surface area contributed by atoms with Gasteiger partial charge in [-0.15, -0.1) is 0 Å². The predicted octanol–water partition coefficient (Wildman–Crippen LogP) is 7.69. The van der Waals surface area contributed by atoms with Gasteiger partial charge >= 0.3 is 0 Å².